The topological polar surface area (TPSA) is 75.6 Å². The smallest absolute Gasteiger partial charge is 0.279 e. The summed E-state index contributed by atoms with van der Waals surface area (Å²) in [5.41, 5.74) is 2.80. The highest BCUT2D eigenvalue weighted by Gasteiger charge is 2.24. The number of carbonyl (C=O) groups excluding carboxylic acids is 1. The third-order valence-electron chi connectivity index (χ3n) is 4.14. The van der Waals surface area contributed by atoms with E-state index in [0.29, 0.717) is 11.6 Å². The molecule has 0 aliphatic carbocycles. The monoisotopic (exact) mass is 333 g/mol. The summed E-state index contributed by atoms with van der Waals surface area (Å²) >= 11 is 0. The van der Waals surface area contributed by atoms with E-state index >= 15 is 0 Å². The molecule has 25 heavy (non-hydrogen) atoms. The Kier molecular flexibility index (Phi) is 3.35. The molecule has 0 saturated heterocycles. The van der Waals surface area contributed by atoms with Gasteiger partial charge in [-0.3, -0.25) is 15.2 Å². The predicted octanol–water partition coefficient (Wildman–Crippen LogP) is 3.92. The number of para-hydroxylation sites is 3. The van der Waals surface area contributed by atoms with E-state index in [1.807, 2.05) is 53.1 Å². The molecule has 0 aliphatic rings. The first-order chi connectivity index (χ1) is 11.9. The lowest BCUT2D eigenvalue weighted by Gasteiger charge is -2.24. The van der Waals surface area contributed by atoms with Crippen molar-refractivity contribution in [2.45, 2.75) is 26.3 Å². The molecule has 0 aliphatic heterocycles. The maximum atomic E-state index is 12.8. The Labute approximate surface area is 144 Å². The van der Waals surface area contributed by atoms with Gasteiger partial charge in [-0.25, -0.2) is 4.98 Å². The summed E-state index contributed by atoms with van der Waals surface area (Å²) in [5, 5.41) is 10.8. The lowest BCUT2D eigenvalue weighted by molar-refractivity contribution is 0.102. The summed E-state index contributed by atoms with van der Waals surface area (Å²) in [6.45, 7) is 6.25. The Morgan fingerprint density at radius 1 is 1.08 bits per heavy atom. The minimum absolute atomic E-state index is 0.230. The standard InChI is InChI=1S/C19H19N5O/c1-19(2,3)24-15-11-7-6-10-14(15)20-18(24)21-17(25)16-12-8-4-5-9-13(12)22-23-16/h4-11H,1-3H3,(H,22,23)(H,20,21,25). The zero-order chi connectivity index (χ0) is 17.6. The number of nitrogens with one attached hydrogen (secondary N) is 2. The number of hydrogen-bond acceptors (Lipinski definition) is 3. The fourth-order valence-electron chi connectivity index (χ4n) is 3.09. The first-order valence-corrected chi connectivity index (χ1v) is 8.17. The van der Waals surface area contributed by atoms with Gasteiger partial charge in [-0.05, 0) is 39.0 Å². The van der Waals surface area contributed by atoms with E-state index < -0.39 is 0 Å². The van der Waals surface area contributed by atoms with Crippen molar-refractivity contribution in [3.63, 3.8) is 0 Å². The number of H-pyrrole nitrogens is 1. The number of amides is 1. The number of benzene rings is 2. The number of rotatable bonds is 2. The highest BCUT2D eigenvalue weighted by molar-refractivity contribution is 6.10. The molecule has 4 aromatic rings. The Morgan fingerprint density at radius 2 is 1.80 bits per heavy atom. The van der Waals surface area contributed by atoms with Gasteiger partial charge in [0.2, 0.25) is 5.95 Å². The summed E-state index contributed by atoms with van der Waals surface area (Å²) in [7, 11) is 0. The molecule has 4 rings (SSSR count). The van der Waals surface area contributed by atoms with Crippen molar-refractivity contribution in [3.05, 3.63) is 54.2 Å². The van der Waals surface area contributed by atoms with E-state index in [1.165, 1.54) is 0 Å². The molecular formula is C19H19N5O. The van der Waals surface area contributed by atoms with Gasteiger partial charge < -0.3 is 4.57 Å². The molecule has 0 bridgehead atoms. The van der Waals surface area contributed by atoms with Crippen LogP contribution < -0.4 is 5.32 Å². The number of fused-ring (bicyclic) bond motifs is 2. The molecule has 0 radical (unpaired) electrons. The Hall–Kier alpha value is -3.15. The number of carbonyl (C=O) groups is 1. The third-order valence-corrected chi connectivity index (χ3v) is 4.14. The van der Waals surface area contributed by atoms with Crippen molar-refractivity contribution < 1.29 is 4.79 Å². The van der Waals surface area contributed by atoms with Crippen LogP contribution in [0.25, 0.3) is 21.9 Å². The third kappa shape index (κ3) is 2.55. The van der Waals surface area contributed by atoms with Gasteiger partial charge >= 0.3 is 0 Å². The van der Waals surface area contributed by atoms with E-state index in [9.17, 15) is 4.79 Å². The summed E-state index contributed by atoms with van der Waals surface area (Å²) in [5.74, 6) is 0.240. The van der Waals surface area contributed by atoms with Crippen molar-refractivity contribution in [1.82, 2.24) is 19.7 Å². The largest absolute Gasteiger partial charge is 0.305 e. The molecule has 0 fully saturated rings. The van der Waals surface area contributed by atoms with Crippen molar-refractivity contribution in [3.8, 4) is 0 Å². The average Bonchev–Trinajstić information content (AvgIpc) is 3.15. The maximum Gasteiger partial charge on any atom is 0.279 e. The molecular weight excluding hydrogens is 314 g/mol. The second-order valence-corrected chi connectivity index (χ2v) is 7.00. The normalized spacial score (nSPS) is 12.0. The Morgan fingerprint density at radius 3 is 2.60 bits per heavy atom. The van der Waals surface area contributed by atoms with Crippen LogP contribution in [0.5, 0.6) is 0 Å². The molecule has 0 atom stereocenters. The van der Waals surface area contributed by atoms with Crippen LogP contribution in [0.4, 0.5) is 5.95 Å². The molecule has 126 valence electrons. The Balaban J connectivity index is 1.79. The number of anilines is 1. The lowest BCUT2D eigenvalue weighted by Crippen LogP contribution is -2.26. The van der Waals surface area contributed by atoms with Crippen LogP contribution >= 0.6 is 0 Å². The van der Waals surface area contributed by atoms with Crippen LogP contribution in [-0.2, 0) is 5.54 Å². The van der Waals surface area contributed by atoms with E-state index in [2.05, 4.69) is 41.3 Å². The average molecular weight is 333 g/mol. The number of hydrogen-bond donors (Lipinski definition) is 2. The van der Waals surface area contributed by atoms with Gasteiger partial charge in [0, 0.05) is 10.9 Å². The summed E-state index contributed by atoms with van der Waals surface area (Å²) in [6, 6.07) is 15.4. The molecule has 0 unspecified atom stereocenters. The van der Waals surface area contributed by atoms with Crippen molar-refractivity contribution >= 4 is 33.8 Å². The maximum absolute atomic E-state index is 12.8. The van der Waals surface area contributed by atoms with Gasteiger partial charge in [0.15, 0.2) is 5.69 Å². The van der Waals surface area contributed by atoms with Gasteiger partial charge in [-0.1, -0.05) is 30.3 Å². The second-order valence-electron chi connectivity index (χ2n) is 7.00. The molecule has 2 aromatic carbocycles. The highest BCUT2D eigenvalue weighted by atomic mass is 16.2. The zero-order valence-corrected chi connectivity index (χ0v) is 14.4. The fraction of sp³-hybridized carbons (Fsp3) is 0.211. The van der Waals surface area contributed by atoms with Gasteiger partial charge in [0.05, 0.1) is 16.6 Å². The van der Waals surface area contributed by atoms with Crippen molar-refractivity contribution in [2.24, 2.45) is 0 Å². The first-order valence-electron chi connectivity index (χ1n) is 8.17. The van der Waals surface area contributed by atoms with Crippen LogP contribution in [0.3, 0.4) is 0 Å². The molecule has 6 heteroatoms. The van der Waals surface area contributed by atoms with Crippen LogP contribution in [0, 0.1) is 0 Å². The lowest BCUT2D eigenvalue weighted by atomic mass is 10.1. The molecule has 6 nitrogen and oxygen atoms in total. The highest BCUT2D eigenvalue weighted by Crippen LogP contribution is 2.28. The minimum atomic E-state index is -0.279. The quantitative estimate of drug-likeness (QED) is 0.584. The number of aromatic nitrogens is 4. The molecule has 0 saturated carbocycles. The van der Waals surface area contributed by atoms with Gasteiger partial charge in [0.25, 0.3) is 5.91 Å². The van der Waals surface area contributed by atoms with E-state index in [1.54, 1.807) is 0 Å². The van der Waals surface area contributed by atoms with Crippen molar-refractivity contribution in [2.75, 3.05) is 5.32 Å². The minimum Gasteiger partial charge on any atom is -0.305 e. The molecule has 0 spiro atoms. The van der Waals surface area contributed by atoms with Gasteiger partial charge in [0.1, 0.15) is 0 Å². The number of aromatic amines is 1. The van der Waals surface area contributed by atoms with Crippen LogP contribution in [-0.4, -0.2) is 25.7 Å². The van der Waals surface area contributed by atoms with Crippen molar-refractivity contribution in [1.29, 1.82) is 0 Å². The van der Waals surface area contributed by atoms with E-state index in [0.717, 1.165) is 21.9 Å². The Bertz CT molecular complexity index is 1080. The van der Waals surface area contributed by atoms with Gasteiger partial charge in [-0.15, -0.1) is 0 Å². The fourth-order valence-corrected chi connectivity index (χ4v) is 3.09. The number of nitrogens with zero attached hydrogens (tertiary/aromatic N) is 3. The molecule has 2 aromatic heterocycles. The predicted molar refractivity (Wildman–Crippen MR) is 98.8 cm³/mol. The van der Waals surface area contributed by atoms with E-state index in [-0.39, 0.29) is 11.4 Å². The molecule has 2 heterocycles. The summed E-state index contributed by atoms with van der Waals surface area (Å²) < 4.78 is 2.04. The molecule has 2 N–H and O–H groups in total. The van der Waals surface area contributed by atoms with Crippen LogP contribution in [0.1, 0.15) is 31.3 Å². The molecule has 1 amide bonds. The second kappa shape index (κ2) is 5.44. The SMILES string of the molecule is CC(C)(C)n1c(NC(=O)c2n[nH]c3ccccc23)nc2ccccc21. The zero-order valence-electron chi connectivity index (χ0n) is 14.4. The summed E-state index contributed by atoms with van der Waals surface area (Å²) in [4.78, 5) is 17.4. The number of imidazole rings is 1. The summed E-state index contributed by atoms with van der Waals surface area (Å²) in [6.07, 6.45) is 0. The first kappa shape index (κ1) is 15.4. The van der Waals surface area contributed by atoms with E-state index in [4.69, 9.17) is 0 Å². The van der Waals surface area contributed by atoms with Gasteiger partial charge in [-0.2, -0.15) is 5.10 Å². The van der Waals surface area contributed by atoms with Crippen LogP contribution in [0.2, 0.25) is 0 Å². The van der Waals surface area contributed by atoms with Crippen LogP contribution in [0.15, 0.2) is 48.5 Å².